The average molecular weight is 238 g/mol. The third-order valence-electron chi connectivity index (χ3n) is 1.99. The second kappa shape index (κ2) is 5.40. The quantitative estimate of drug-likeness (QED) is 0.850. The van der Waals surface area contributed by atoms with Gasteiger partial charge in [0, 0.05) is 12.5 Å². The summed E-state index contributed by atoms with van der Waals surface area (Å²) >= 11 is 0. The lowest BCUT2D eigenvalue weighted by Gasteiger charge is -2.02. The lowest BCUT2D eigenvalue weighted by atomic mass is 10.3. The van der Waals surface area contributed by atoms with Crippen molar-refractivity contribution in [1.29, 1.82) is 0 Å². The molecule has 1 aromatic heterocycles. The van der Waals surface area contributed by atoms with Crippen LogP contribution >= 0.6 is 0 Å². The first-order valence-corrected chi connectivity index (χ1v) is 5.08. The molecule has 1 heterocycles. The van der Waals surface area contributed by atoms with Crippen molar-refractivity contribution >= 4 is 0 Å². The van der Waals surface area contributed by atoms with Gasteiger partial charge >= 0.3 is 0 Å². The summed E-state index contributed by atoms with van der Waals surface area (Å²) in [6.45, 7) is 0.0221. The zero-order chi connectivity index (χ0) is 12.1. The lowest BCUT2D eigenvalue weighted by Crippen LogP contribution is -1.95. The van der Waals surface area contributed by atoms with Crippen LogP contribution in [-0.2, 0) is 13.0 Å². The molecular weight excluding hydrogens is 227 g/mol. The molecule has 6 heteroatoms. The first-order chi connectivity index (χ1) is 8.28. The maximum Gasteiger partial charge on any atom is 0.253 e. The molecule has 90 valence electrons. The Labute approximate surface area is 96.9 Å². The van der Waals surface area contributed by atoms with Crippen molar-refractivity contribution in [2.24, 2.45) is 0 Å². The number of halogens is 1. The molecule has 5 nitrogen and oxygen atoms in total. The molecule has 0 fully saturated rings. The number of aliphatic hydroxyl groups is 1. The monoisotopic (exact) mass is 238 g/mol. The highest BCUT2D eigenvalue weighted by Gasteiger charge is 2.06. The van der Waals surface area contributed by atoms with Crippen molar-refractivity contribution in [3.8, 4) is 5.75 Å². The van der Waals surface area contributed by atoms with E-state index in [2.05, 4.69) is 10.2 Å². The Morgan fingerprint density at radius 2 is 2.12 bits per heavy atom. The van der Waals surface area contributed by atoms with Gasteiger partial charge in [-0.25, -0.2) is 4.39 Å². The van der Waals surface area contributed by atoms with E-state index in [0.29, 0.717) is 18.1 Å². The van der Waals surface area contributed by atoms with Crippen molar-refractivity contribution in [3.63, 3.8) is 0 Å². The topological polar surface area (TPSA) is 68.4 Å². The van der Waals surface area contributed by atoms with Crippen molar-refractivity contribution in [3.05, 3.63) is 41.9 Å². The molecule has 0 aliphatic carbocycles. The first kappa shape index (κ1) is 11.5. The second-order valence-electron chi connectivity index (χ2n) is 3.31. The van der Waals surface area contributed by atoms with Gasteiger partial charge in [0.05, 0.1) is 6.61 Å². The van der Waals surface area contributed by atoms with Gasteiger partial charge in [0.15, 0.2) is 6.61 Å². The second-order valence-corrected chi connectivity index (χ2v) is 3.31. The standard InChI is InChI=1S/C11H11FN2O3/c12-8-2-1-3-9(6-8)16-7-11-14-13-10(17-11)4-5-15/h1-3,6,15H,4-5,7H2. The summed E-state index contributed by atoms with van der Waals surface area (Å²) in [5.41, 5.74) is 0. The predicted octanol–water partition coefficient (Wildman–Crippen LogP) is 1.32. The Balaban J connectivity index is 1.93. The van der Waals surface area contributed by atoms with E-state index in [4.69, 9.17) is 14.3 Å². The Morgan fingerprint density at radius 1 is 1.29 bits per heavy atom. The summed E-state index contributed by atoms with van der Waals surface area (Å²) in [6, 6.07) is 5.79. The minimum absolute atomic E-state index is 0.0492. The van der Waals surface area contributed by atoms with E-state index in [9.17, 15) is 4.39 Å². The molecule has 0 unspecified atom stereocenters. The zero-order valence-corrected chi connectivity index (χ0v) is 8.97. The minimum Gasteiger partial charge on any atom is -0.484 e. The van der Waals surface area contributed by atoms with Gasteiger partial charge in [-0.15, -0.1) is 10.2 Å². The summed E-state index contributed by atoms with van der Waals surface area (Å²) in [6.07, 6.45) is 0.312. The van der Waals surface area contributed by atoms with Crippen LogP contribution in [0.15, 0.2) is 28.7 Å². The van der Waals surface area contributed by atoms with Gasteiger partial charge < -0.3 is 14.3 Å². The Kier molecular flexibility index (Phi) is 3.66. The van der Waals surface area contributed by atoms with E-state index < -0.39 is 0 Å². The van der Waals surface area contributed by atoms with Crippen molar-refractivity contribution < 1.29 is 18.7 Å². The number of rotatable bonds is 5. The molecule has 0 amide bonds. The van der Waals surface area contributed by atoms with Crippen LogP contribution in [0.5, 0.6) is 5.75 Å². The number of aromatic nitrogens is 2. The van der Waals surface area contributed by atoms with E-state index in [0.717, 1.165) is 0 Å². The van der Waals surface area contributed by atoms with Crippen molar-refractivity contribution in [2.45, 2.75) is 13.0 Å². The Hall–Kier alpha value is -1.95. The molecule has 0 spiro atoms. The highest BCUT2D eigenvalue weighted by Crippen LogP contribution is 2.13. The van der Waals surface area contributed by atoms with Crippen LogP contribution in [0.2, 0.25) is 0 Å². The number of benzene rings is 1. The molecular formula is C11H11FN2O3. The summed E-state index contributed by atoms with van der Waals surface area (Å²) < 4.78 is 23.3. The van der Waals surface area contributed by atoms with E-state index in [-0.39, 0.29) is 24.9 Å². The third kappa shape index (κ3) is 3.25. The molecule has 2 rings (SSSR count). The normalized spacial score (nSPS) is 10.5. The van der Waals surface area contributed by atoms with Gasteiger partial charge in [0.2, 0.25) is 5.89 Å². The molecule has 0 bridgehead atoms. The highest BCUT2D eigenvalue weighted by atomic mass is 19.1. The van der Waals surface area contributed by atoms with Gasteiger partial charge in [-0.3, -0.25) is 0 Å². The summed E-state index contributed by atoms with van der Waals surface area (Å²) in [4.78, 5) is 0. The van der Waals surface area contributed by atoms with Crippen LogP contribution in [0.4, 0.5) is 4.39 Å². The van der Waals surface area contributed by atoms with Crippen LogP contribution in [0.3, 0.4) is 0 Å². The predicted molar refractivity (Wildman–Crippen MR) is 55.8 cm³/mol. The highest BCUT2D eigenvalue weighted by molar-refractivity contribution is 5.22. The Bertz CT molecular complexity index is 487. The number of hydrogen-bond acceptors (Lipinski definition) is 5. The van der Waals surface area contributed by atoms with E-state index in [1.807, 2.05) is 0 Å². The number of hydrogen-bond donors (Lipinski definition) is 1. The molecule has 17 heavy (non-hydrogen) atoms. The molecule has 2 aromatic rings. The van der Waals surface area contributed by atoms with Crippen molar-refractivity contribution in [1.82, 2.24) is 10.2 Å². The fourth-order valence-corrected chi connectivity index (χ4v) is 1.25. The smallest absolute Gasteiger partial charge is 0.253 e. The van der Waals surface area contributed by atoms with Gasteiger partial charge in [0.25, 0.3) is 5.89 Å². The van der Waals surface area contributed by atoms with Crippen LogP contribution < -0.4 is 4.74 Å². The van der Waals surface area contributed by atoms with Crippen LogP contribution in [0, 0.1) is 5.82 Å². The fourth-order valence-electron chi connectivity index (χ4n) is 1.25. The maximum atomic E-state index is 12.8. The average Bonchev–Trinajstić information content (AvgIpc) is 2.75. The van der Waals surface area contributed by atoms with E-state index >= 15 is 0 Å². The molecule has 0 aliphatic heterocycles. The molecule has 0 atom stereocenters. The summed E-state index contributed by atoms with van der Waals surface area (Å²) in [5.74, 6) is 0.670. The largest absolute Gasteiger partial charge is 0.484 e. The van der Waals surface area contributed by atoms with Crippen LogP contribution in [0.1, 0.15) is 11.8 Å². The molecule has 0 radical (unpaired) electrons. The third-order valence-corrected chi connectivity index (χ3v) is 1.99. The number of ether oxygens (including phenoxy) is 1. The van der Waals surface area contributed by atoms with E-state index in [1.165, 1.54) is 12.1 Å². The Morgan fingerprint density at radius 3 is 2.88 bits per heavy atom. The first-order valence-electron chi connectivity index (χ1n) is 5.08. The summed E-state index contributed by atoms with van der Waals surface area (Å²) in [7, 11) is 0. The van der Waals surface area contributed by atoms with Crippen LogP contribution in [0.25, 0.3) is 0 Å². The minimum atomic E-state index is -0.367. The maximum absolute atomic E-state index is 12.8. The van der Waals surface area contributed by atoms with Gasteiger partial charge in [0.1, 0.15) is 11.6 Å². The van der Waals surface area contributed by atoms with Gasteiger partial charge in [-0.2, -0.15) is 0 Å². The van der Waals surface area contributed by atoms with Crippen molar-refractivity contribution in [2.75, 3.05) is 6.61 Å². The molecule has 0 saturated carbocycles. The van der Waals surface area contributed by atoms with Gasteiger partial charge in [-0.1, -0.05) is 6.07 Å². The SMILES string of the molecule is OCCc1nnc(COc2cccc(F)c2)o1. The summed E-state index contributed by atoms with van der Waals surface area (Å²) in [5, 5.41) is 16.1. The fraction of sp³-hybridized carbons (Fsp3) is 0.273. The number of aliphatic hydroxyl groups excluding tert-OH is 1. The zero-order valence-electron chi connectivity index (χ0n) is 8.97. The molecule has 0 saturated heterocycles. The van der Waals surface area contributed by atoms with Crippen LogP contribution in [-0.4, -0.2) is 21.9 Å². The van der Waals surface area contributed by atoms with Gasteiger partial charge in [-0.05, 0) is 12.1 Å². The molecule has 0 aliphatic rings. The number of nitrogens with zero attached hydrogens (tertiary/aromatic N) is 2. The molecule has 1 N–H and O–H groups in total. The van der Waals surface area contributed by atoms with E-state index in [1.54, 1.807) is 12.1 Å². The lowest BCUT2D eigenvalue weighted by molar-refractivity contribution is 0.249. The molecule has 1 aromatic carbocycles.